The zero-order chi connectivity index (χ0) is 19.6. The normalized spacial score (nSPS) is 17.6. The summed E-state index contributed by atoms with van der Waals surface area (Å²) in [4.78, 5) is 17.2. The molecule has 0 spiro atoms. The number of alkyl halides is 3. The number of hydrogen-bond donors (Lipinski definition) is 1. The molecule has 2 heterocycles. The smallest absolute Gasteiger partial charge is 0.416 e. The number of aryl methyl sites for hydroxylation is 1. The lowest BCUT2D eigenvalue weighted by Crippen LogP contribution is -2.40. The summed E-state index contributed by atoms with van der Waals surface area (Å²) < 4.78 is 41.0. The molecule has 144 valence electrons. The molecule has 1 aromatic heterocycles. The zero-order valence-electron chi connectivity index (χ0n) is 14.9. The minimum Gasteiger partial charge on any atom is -0.481 e. The summed E-state index contributed by atoms with van der Waals surface area (Å²) in [6.45, 7) is 2.68. The molecular weight excluding hydrogens is 357 g/mol. The van der Waals surface area contributed by atoms with E-state index >= 15 is 0 Å². The van der Waals surface area contributed by atoms with E-state index in [1.807, 2.05) is 11.8 Å². The number of hydrogen-bond acceptors (Lipinski definition) is 3. The van der Waals surface area contributed by atoms with Gasteiger partial charge in [-0.25, -0.2) is 0 Å². The standard InChI is InChI=1S/C20H21F3N2O2/c1-13-12-24-9-6-15(13)18(25-10-7-14(8-11-25)19(26)27)16-4-2-3-5-17(16)20(21,22)23/h2-6,9,12,14,18H,7-8,10-11H2,1H3,(H,26,27). The molecule has 0 saturated carbocycles. The van der Waals surface area contributed by atoms with Crippen LogP contribution in [0, 0.1) is 12.8 Å². The molecule has 4 nitrogen and oxygen atoms in total. The van der Waals surface area contributed by atoms with Crippen molar-refractivity contribution in [3.8, 4) is 0 Å². The first-order valence-electron chi connectivity index (χ1n) is 8.82. The van der Waals surface area contributed by atoms with Crippen molar-refractivity contribution in [3.05, 3.63) is 65.0 Å². The maximum Gasteiger partial charge on any atom is 0.416 e. The zero-order valence-corrected chi connectivity index (χ0v) is 14.9. The molecule has 0 amide bonds. The van der Waals surface area contributed by atoms with Crippen LogP contribution in [0.3, 0.4) is 0 Å². The molecule has 1 aliphatic heterocycles. The number of nitrogens with zero attached hydrogens (tertiary/aromatic N) is 2. The SMILES string of the molecule is Cc1cnccc1C(c1ccccc1C(F)(F)F)N1CCC(C(=O)O)CC1. The van der Waals surface area contributed by atoms with Crippen molar-refractivity contribution >= 4 is 5.97 Å². The van der Waals surface area contributed by atoms with Crippen LogP contribution >= 0.6 is 0 Å². The number of piperidine rings is 1. The van der Waals surface area contributed by atoms with E-state index in [0.29, 0.717) is 25.9 Å². The number of carboxylic acids is 1. The van der Waals surface area contributed by atoms with Crippen molar-refractivity contribution < 1.29 is 23.1 Å². The molecule has 0 bridgehead atoms. The van der Waals surface area contributed by atoms with Gasteiger partial charge in [-0.2, -0.15) is 13.2 Å². The number of halogens is 3. The second-order valence-electron chi connectivity index (χ2n) is 6.87. The molecule has 1 N–H and O–H groups in total. The highest BCUT2D eigenvalue weighted by atomic mass is 19.4. The molecular formula is C20H21F3N2O2. The number of carboxylic acid groups (broad SMARTS) is 1. The van der Waals surface area contributed by atoms with Gasteiger partial charge in [-0.1, -0.05) is 18.2 Å². The molecule has 3 rings (SSSR count). The highest BCUT2D eigenvalue weighted by Crippen LogP contribution is 2.40. The fraction of sp³-hybridized carbons (Fsp3) is 0.400. The van der Waals surface area contributed by atoms with Gasteiger partial charge in [-0.15, -0.1) is 0 Å². The maximum atomic E-state index is 13.7. The fourth-order valence-corrected chi connectivity index (χ4v) is 3.75. The summed E-state index contributed by atoms with van der Waals surface area (Å²) in [6, 6.07) is 6.76. The molecule has 1 fully saturated rings. The number of rotatable bonds is 4. The maximum absolute atomic E-state index is 13.7. The molecule has 2 aromatic rings. The molecule has 0 aliphatic carbocycles. The highest BCUT2D eigenvalue weighted by Gasteiger charge is 2.38. The number of benzene rings is 1. The average molecular weight is 378 g/mol. The lowest BCUT2D eigenvalue weighted by molar-refractivity contribution is -0.143. The predicted molar refractivity (Wildman–Crippen MR) is 94.2 cm³/mol. The highest BCUT2D eigenvalue weighted by molar-refractivity contribution is 5.70. The first-order valence-corrected chi connectivity index (χ1v) is 8.82. The van der Waals surface area contributed by atoms with Crippen LogP contribution in [-0.4, -0.2) is 34.0 Å². The quantitative estimate of drug-likeness (QED) is 0.862. The van der Waals surface area contributed by atoms with E-state index in [9.17, 15) is 23.1 Å². The number of aromatic nitrogens is 1. The van der Waals surface area contributed by atoms with E-state index in [2.05, 4.69) is 4.98 Å². The Hall–Kier alpha value is -2.41. The van der Waals surface area contributed by atoms with Crippen LogP contribution in [0.25, 0.3) is 0 Å². The lowest BCUT2D eigenvalue weighted by atomic mass is 9.88. The third kappa shape index (κ3) is 4.13. The average Bonchev–Trinajstić information content (AvgIpc) is 2.63. The van der Waals surface area contributed by atoms with Crippen LogP contribution in [0.5, 0.6) is 0 Å². The van der Waals surface area contributed by atoms with Crippen molar-refractivity contribution in [2.24, 2.45) is 5.92 Å². The second-order valence-corrected chi connectivity index (χ2v) is 6.87. The van der Waals surface area contributed by atoms with Crippen molar-refractivity contribution in [3.63, 3.8) is 0 Å². The Labute approximate surface area is 155 Å². The molecule has 1 aliphatic rings. The fourth-order valence-electron chi connectivity index (χ4n) is 3.75. The molecule has 1 aromatic carbocycles. The van der Waals surface area contributed by atoms with E-state index < -0.39 is 29.7 Å². The Bertz CT molecular complexity index is 815. The number of aliphatic carboxylic acids is 1. The third-order valence-corrected chi connectivity index (χ3v) is 5.16. The van der Waals surface area contributed by atoms with E-state index in [1.54, 1.807) is 24.5 Å². The number of likely N-dealkylation sites (tertiary alicyclic amines) is 1. The van der Waals surface area contributed by atoms with Gasteiger partial charge in [-0.05, 0) is 61.7 Å². The van der Waals surface area contributed by atoms with Gasteiger partial charge in [-0.3, -0.25) is 14.7 Å². The van der Waals surface area contributed by atoms with Gasteiger partial charge in [0, 0.05) is 12.4 Å². The van der Waals surface area contributed by atoms with Crippen molar-refractivity contribution in [1.29, 1.82) is 0 Å². The minimum absolute atomic E-state index is 0.188. The summed E-state index contributed by atoms with van der Waals surface area (Å²) in [5.74, 6) is -1.29. The van der Waals surface area contributed by atoms with E-state index in [0.717, 1.165) is 17.2 Å². The van der Waals surface area contributed by atoms with Crippen LogP contribution in [0.1, 0.15) is 41.1 Å². The van der Waals surface area contributed by atoms with E-state index in [-0.39, 0.29) is 5.56 Å². The Morgan fingerprint density at radius 3 is 2.44 bits per heavy atom. The monoisotopic (exact) mass is 378 g/mol. The second kappa shape index (κ2) is 7.68. The Morgan fingerprint density at radius 1 is 1.19 bits per heavy atom. The first-order chi connectivity index (χ1) is 12.8. The summed E-state index contributed by atoms with van der Waals surface area (Å²) in [7, 11) is 0. The Kier molecular flexibility index (Phi) is 5.51. The molecule has 1 atom stereocenters. The van der Waals surface area contributed by atoms with Gasteiger partial charge in [0.1, 0.15) is 0 Å². The summed E-state index contributed by atoms with van der Waals surface area (Å²) >= 11 is 0. The molecule has 1 saturated heterocycles. The predicted octanol–water partition coefficient (Wildman–Crippen LogP) is 4.29. The molecule has 7 heteroatoms. The Balaban J connectivity index is 2.06. The number of pyridine rings is 1. The van der Waals surface area contributed by atoms with Crippen LogP contribution in [-0.2, 0) is 11.0 Å². The van der Waals surface area contributed by atoms with Crippen molar-refractivity contribution in [1.82, 2.24) is 9.88 Å². The van der Waals surface area contributed by atoms with Crippen LogP contribution in [0.4, 0.5) is 13.2 Å². The Morgan fingerprint density at radius 2 is 1.85 bits per heavy atom. The van der Waals surface area contributed by atoms with Gasteiger partial charge >= 0.3 is 12.1 Å². The largest absolute Gasteiger partial charge is 0.481 e. The molecule has 0 radical (unpaired) electrons. The van der Waals surface area contributed by atoms with E-state index in [1.165, 1.54) is 12.1 Å². The van der Waals surface area contributed by atoms with Gasteiger partial charge in [0.2, 0.25) is 0 Å². The van der Waals surface area contributed by atoms with Crippen LogP contribution in [0.15, 0.2) is 42.7 Å². The summed E-state index contributed by atoms with van der Waals surface area (Å²) in [5.41, 5.74) is 1.09. The summed E-state index contributed by atoms with van der Waals surface area (Å²) in [6.07, 6.45) is -0.401. The van der Waals surface area contributed by atoms with Gasteiger partial charge in [0.25, 0.3) is 0 Å². The summed E-state index contributed by atoms with van der Waals surface area (Å²) in [5, 5.41) is 9.22. The topological polar surface area (TPSA) is 53.4 Å². The van der Waals surface area contributed by atoms with Crippen molar-refractivity contribution in [2.75, 3.05) is 13.1 Å². The minimum atomic E-state index is -4.46. The van der Waals surface area contributed by atoms with Gasteiger partial charge in [0.15, 0.2) is 0 Å². The number of carbonyl (C=O) groups is 1. The molecule has 1 unspecified atom stereocenters. The third-order valence-electron chi connectivity index (χ3n) is 5.16. The lowest BCUT2D eigenvalue weighted by Gasteiger charge is -2.38. The van der Waals surface area contributed by atoms with Crippen molar-refractivity contribution in [2.45, 2.75) is 32.0 Å². The van der Waals surface area contributed by atoms with Gasteiger partial charge in [0.05, 0.1) is 17.5 Å². The van der Waals surface area contributed by atoms with Crippen LogP contribution < -0.4 is 0 Å². The van der Waals surface area contributed by atoms with E-state index in [4.69, 9.17) is 0 Å². The first kappa shape index (κ1) is 19.4. The molecule has 27 heavy (non-hydrogen) atoms. The van der Waals surface area contributed by atoms with Gasteiger partial charge < -0.3 is 5.11 Å². The van der Waals surface area contributed by atoms with Crippen LogP contribution in [0.2, 0.25) is 0 Å².